The van der Waals surface area contributed by atoms with Gasteiger partial charge in [0.1, 0.15) is 28.7 Å². The number of nitrogens with one attached hydrogen (secondary N) is 3. The van der Waals surface area contributed by atoms with Crippen LogP contribution in [-0.2, 0) is 6.54 Å². The van der Waals surface area contributed by atoms with Gasteiger partial charge < -0.3 is 20.4 Å². The third-order valence-corrected chi connectivity index (χ3v) is 6.54. The van der Waals surface area contributed by atoms with E-state index in [0.29, 0.717) is 12.3 Å². The summed E-state index contributed by atoms with van der Waals surface area (Å²) in [6.07, 6.45) is 0.812. The van der Waals surface area contributed by atoms with Gasteiger partial charge in [-0.05, 0) is 55.0 Å². The smallest absolute Gasteiger partial charge is 0.253 e. The topological polar surface area (TPSA) is 83.4 Å². The molecule has 0 fully saturated rings. The van der Waals surface area contributed by atoms with Crippen molar-refractivity contribution in [2.75, 3.05) is 10.6 Å². The highest BCUT2D eigenvalue weighted by molar-refractivity contribution is 5.80. The van der Waals surface area contributed by atoms with E-state index in [2.05, 4.69) is 36.7 Å². The first-order valence-corrected chi connectivity index (χ1v) is 10.6. The highest BCUT2D eigenvalue weighted by Crippen LogP contribution is 2.41. The number of hydrogen-bond acceptors (Lipinski definition) is 6. The first-order valence-electron chi connectivity index (χ1n) is 10.6. The fourth-order valence-corrected chi connectivity index (χ4v) is 4.11. The molecule has 0 unspecified atom stereocenters. The zero-order valence-corrected chi connectivity index (χ0v) is 18.5. The second-order valence-corrected chi connectivity index (χ2v) is 8.99. The van der Waals surface area contributed by atoms with Crippen molar-refractivity contribution in [2.45, 2.75) is 59.7 Å². The molecule has 0 saturated heterocycles. The fourth-order valence-electron chi connectivity index (χ4n) is 4.11. The van der Waals surface area contributed by atoms with Crippen LogP contribution in [0.25, 0.3) is 0 Å². The van der Waals surface area contributed by atoms with Crippen LogP contribution in [0.15, 0.2) is 38.3 Å². The molecule has 1 aliphatic rings. The van der Waals surface area contributed by atoms with Crippen LogP contribution >= 0.6 is 0 Å². The van der Waals surface area contributed by atoms with Gasteiger partial charge in [-0.15, -0.1) is 0 Å². The summed E-state index contributed by atoms with van der Waals surface area (Å²) in [5.74, 6) is 0.995. The maximum Gasteiger partial charge on any atom is 0.253 e. The Hall–Kier alpha value is -2.93. The lowest BCUT2D eigenvalue weighted by molar-refractivity contribution is 0.262. The summed E-state index contributed by atoms with van der Waals surface area (Å²) >= 11 is 0. The van der Waals surface area contributed by atoms with Gasteiger partial charge in [-0.2, -0.15) is 0 Å². The molecule has 4 rings (SSSR count). The molecule has 31 heavy (non-hydrogen) atoms. The Kier molecular flexibility index (Phi) is 5.25. The maximum absolute atomic E-state index is 14.7. The predicted octanol–water partition coefficient (Wildman–Crippen LogP) is 4.82. The van der Waals surface area contributed by atoms with Crippen molar-refractivity contribution in [1.82, 2.24) is 5.32 Å². The Bertz CT molecular complexity index is 1200. The molecule has 7 heteroatoms. The van der Waals surface area contributed by atoms with Crippen LogP contribution in [0, 0.1) is 18.2 Å². The van der Waals surface area contributed by atoms with E-state index in [9.17, 15) is 14.0 Å². The van der Waals surface area contributed by atoms with E-state index in [1.54, 1.807) is 6.07 Å². The number of furan rings is 1. The SMILES string of the molecule is CCC(C)(C)[C@@H](Nc1c(Nc2c(F)ccc3c2CN[C@@H]3C)c(=O)c1=O)c1ccc(C)o1. The summed E-state index contributed by atoms with van der Waals surface area (Å²) in [5.41, 5.74) is 0.735. The van der Waals surface area contributed by atoms with Gasteiger partial charge in [0.05, 0.1) is 11.7 Å². The summed E-state index contributed by atoms with van der Waals surface area (Å²) in [4.78, 5) is 24.9. The molecule has 2 heterocycles. The van der Waals surface area contributed by atoms with Crippen molar-refractivity contribution in [1.29, 1.82) is 0 Å². The lowest BCUT2D eigenvalue weighted by atomic mass is 9.80. The van der Waals surface area contributed by atoms with Crippen LogP contribution in [0.1, 0.15) is 68.8 Å². The van der Waals surface area contributed by atoms with Crippen molar-refractivity contribution in [3.05, 3.63) is 73.2 Å². The minimum absolute atomic E-state index is 0.0945. The highest BCUT2D eigenvalue weighted by atomic mass is 19.1. The van der Waals surface area contributed by atoms with Gasteiger partial charge in [0.2, 0.25) is 0 Å². The Morgan fingerprint density at radius 3 is 2.52 bits per heavy atom. The summed E-state index contributed by atoms with van der Waals surface area (Å²) < 4.78 is 20.5. The second kappa shape index (κ2) is 7.64. The first kappa shape index (κ1) is 21.3. The van der Waals surface area contributed by atoms with Gasteiger partial charge in [-0.3, -0.25) is 9.59 Å². The molecule has 0 aliphatic carbocycles. The molecule has 3 aromatic rings. The lowest BCUT2D eigenvalue weighted by Gasteiger charge is -2.34. The van der Waals surface area contributed by atoms with Crippen molar-refractivity contribution >= 4 is 17.1 Å². The van der Waals surface area contributed by atoms with E-state index in [-0.39, 0.29) is 34.6 Å². The number of fused-ring (bicyclic) bond motifs is 1. The third kappa shape index (κ3) is 3.57. The zero-order chi connectivity index (χ0) is 22.5. The molecule has 0 saturated carbocycles. The molecule has 1 aliphatic heterocycles. The Morgan fingerprint density at radius 1 is 1.16 bits per heavy atom. The molecule has 2 atom stereocenters. The van der Waals surface area contributed by atoms with E-state index >= 15 is 0 Å². The monoisotopic (exact) mass is 425 g/mol. The summed E-state index contributed by atoms with van der Waals surface area (Å²) in [5, 5.41) is 9.44. The van der Waals surface area contributed by atoms with E-state index in [1.165, 1.54) is 6.07 Å². The zero-order valence-electron chi connectivity index (χ0n) is 18.5. The van der Waals surface area contributed by atoms with Gasteiger partial charge in [-0.1, -0.05) is 26.8 Å². The molecule has 0 spiro atoms. The second-order valence-electron chi connectivity index (χ2n) is 8.99. The van der Waals surface area contributed by atoms with Gasteiger partial charge in [0.15, 0.2) is 0 Å². The average Bonchev–Trinajstić information content (AvgIpc) is 3.33. The van der Waals surface area contributed by atoms with Crippen LogP contribution in [-0.4, -0.2) is 0 Å². The fraction of sp³-hybridized carbons (Fsp3) is 0.417. The summed E-state index contributed by atoms with van der Waals surface area (Å²) in [6.45, 7) is 10.5. The van der Waals surface area contributed by atoms with Crippen molar-refractivity contribution in [2.24, 2.45) is 5.41 Å². The third-order valence-electron chi connectivity index (χ3n) is 6.54. The lowest BCUT2D eigenvalue weighted by Crippen LogP contribution is -2.40. The van der Waals surface area contributed by atoms with E-state index in [0.717, 1.165) is 23.3 Å². The number of hydrogen-bond donors (Lipinski definition) is 3. The van der Waals surface area contributed by atoms with Gasteiger partial charge in [-0.25, -0.2) is 4.39 Å². The minimum Gasteiger partial charge on any atom is -0.464 e. The summed E-state index contributed by atoms with van der Waals surface area (Å²) in [6, 6.07) is 6.65. The normalized spacial score (nSPS) is 17.0. The number of rotatable bonds is 7. The molecule has 164 valence electrons. The van der Waals surface area contributed by atoms with Crippen molar-refractivity contribution in [3.63, 3.8) is 0 Å². The quantitative estimate of drug-likeness (QED) is 0.471. The average molecular weight is 426 g/mol. The molecule has 0 bridgehead atoms. The van der Waals surface area contributed by atoms with Crippen molar-refractivity contribution in [3.8, 4) is 0 Å². The largest absolute Gasteiger partial charge is 0.464 e. The number of halogens is 1. The minimum atomic E-state index is -0.651. The Morgan fingerprint density at radius 2 is 1.87 bits per heavy atom. The standard InChI is InChI=1S/C24H28FN3O3/c1-6-24(4,5)23(17-10-7-12(2)31-17)28-20-19(21(29)22(20)30)27-18-15-11-26-13(3)14(15)8-9-16(18)25/h7-10,13,23,26-28H,6,11H2,1-5H3/t13-,23+/m1/s1. The Balaban J connectivity index is 1.71. The molecule has 1 aromatic heterocycles. The molecule has 0 amide bonds. The van der Waals surface area contributed by atoms with Crippen LogP contribution in [0.4, 0.5) is 21.5 Å². The van der Waals surface area contributed by atoms with Gasteiger partial charge >= 0.3 is 0 Å². The van der Waals surface area contributed by atoms with E-state index in [4.69, 9.17) is 4.42 Å². The molecule has 0 radical (unpaired) electrons. The van der Waals surface area contributed by atoms with E-state index in [1.807, 2.05) is 26.0 Å². The van der Waals surface area contributed by atoms with Crippen LogP contribution < -0.4 is 26.8 Å². The number of benzene rings is 1. The summed E-state index contributed by atoms with van der Waals surface area (Å²) in [7, 11) is 0. The molecular weight excluding hydrogens is 397 g/mol. The molecule has 6 nitrogen and oxygen atoms in total. The molecular formula is C24H28FN3O3. The van der Waals surface area contributed by atoms with Gasteiger partial charge in [0, 0.05) is 12.6 Å². The highest BCUT2D eigenvalue weighted by Gasteiger charge is 2.35. The Labute approximate surface area is 180 Å². The van der Waals surface area contributed by atoms with Crippen LogP contribution in [0.2, 0.25) is 0 Å². The van der Waals surface area contributed by atoms with E-state index < -0.39 is 16.7 Å². The van der Waals surface area contributed by atoms with Crippen LogP contribution in [0.3, 0.4) is 0 Å². The first-order chi connectivity index (χ1) is 14.6. The van der Waals surface area contributed by atoms with Crippen molar-refractivity contribution < 1.29 is 8.81 Å². The number of anilines is 3. The van der Waals surface area contributed by atoms with Crippen LogP contribution in [0.5, 0.6) is 0 Å². The maximum atomic E-state index is 14.7. The predicted molar refractivity (Wildman–Crippen MR) is 120 cm³/mol. The van der Waals surface area contributed by atoms with Gasteiger partial charge in [0.25, 0.3) is 10.9 Å². The molecule has 3 N–H and O–H groups in total. The number of aryl methyl sites for hydroxylation is 1. The molecule has 2 aromatic carbocycles.